The lowest BCUT2D eigenvalue weighted by Gasteiger charge is -2.33. The molecule has 0 saturated heterocycles. The predicted molar refractivity (Wildman–Crippen MR) is 63.7 cm³/mol. The molecule has 0 fully saturated rings. The van der Waals surface area contributed by atoms with Crippen molar-refractivity contribution < 1.29 is 15.3 Å². The van der Waals surface area contributed by atoms with Crippen molar-refractivity contribution in [3.05, 3.63) is 34.9 Å². The third-order valence-electron chi connectivity index (χ3n) is 3.08. The number of nitrogens with two attached hydrogens (primary N) is 1. The summed E-state index contributed by atoms with van der Waals surface area (Å²) in [5.41, 5.74) is 4.78. The molecule has 18 heavy (non-hydrogen) atoms. The van der Waals surface area contributed by atoms with Crippen molar-refractivity contribution in [2.24, 2.45) is 5.92 Å². The van der Waals surface area contributed by atoms with E-state index < -0.39 is 29.9 Å². The molecule has 0 radical (unpaired) electrons. The highest BCUT2D eigenvalue weighted by molar-refractivity contribution is 5.24. The van der Waals surface area contributed by atoms with Crippen LogP contribution in [0.1, 0.15) is 6.04 Å². The van der Waals surface area contributed by atoms with Gasteiger partial charge < -0.3 is 21.1 Å². The molecule has 0 saturated carbocycles. The number of hydrogen-bond acceptors (Lipinski definition) is 6. The summed E-state index contributed by atoms with van der Waals surface area (Å²) in [7, 11) is 0. The molecule has 7 nitrogen and oxygen atoms in total. The van der Waals surface area contributed by atoms with Gasteiger partial charge >= 0.3 is 5.69 Å². The minimum absolute atomic E-state index is 0.0966. The molecule has 0 aromatic carbocycles. The van der Waals surface area contributed by atoms with Gasteiger partial charge in [0.2, 0.25) is 0 Å². The fraction of sp³-hybridized carbons (Fsp3) is 0.455. The van der Waals surface area contributed by atoms with Crippen LogP contribution in [0.5, 0.6) is 0 Å². The van der Waals surface area contributed by atoms with Crippen LogP contribution in [0.4, 0.5) is 5.82 Å². The summed E-state index contributed by atoms with van der Waals surface area (Å²) in [5, 5.41) is 28.8. The first kappa shape index (κ1) is 12.7. The van der Waals surface area contributed by atoms with E-state index in [0.29, 0.717) is 0 Å². The monoisotopic (exact) mass is 253 g/mol. The topological polar surface area (TPSA) is 122 Å². The molecule has 1 aromatic heterocycles. The van der Waals surface area contributed by atoms with Crippen LogP contribution in [0.15, 0.2) is 29.2 Å². The molecular weight excluding hydrogens is 238 g/mol. The Morgan fingerprint density at radius 2 is 2.06 bits per heavy atom. The lowest BCUT2D eigenvalue weighted by molar-refractivity contribution is -0.0427. The molecule has 98 valence electrons. The quantitative estimate of drug-likeness (QED) is 0.464. The molecule has 0 amide bonds. The highest BCUT2D eigenvalue weighted by Crippen LogP contribution is 2.25. The van der Waals surface area contributed by atoms with Crippen LogP contribution in [0.25, 0.3) is 0 Å². The van der Waals surface area contributed by atoms with E-state index in [2.05, 4.69) is 4.98 Å². The zero-order valence-electron chi connectivity index (χ0n) is 9.55. The van der Waals surface area contributed by atoms with Gasteiger partial charge in [-0.3, -0.25) is 4.57 Å². The number of rotatable bonds is 2. The molecule has 0 bridgehead atoms. The van der Waals surface area contributed by atoms with E-state index in [1.165, 1.54) is 16.8 Å². The molecule has 1 aliphatic carbocycles. The third-order valence-corrected chi connectivity index (χ3v) is 3.08. The Kier molecular flexibility index (Phi) is 3.46. The maximum absolute atomic E-state index is 11.6. The van der Waals surface area contributed by atoms with Gasteiger partial charge in [0.1, 0.15) is 11.9 Å². The molecule has 1 heterocycles. The van der Waals surface area contributed by atoms with Gasteiger partial charge in [-0.1, -0.05) is 12.2 Å². The highest BCUT2D eigenvalue weighted by atomic mass is 16.3. The van der Waals surface area contributed by atoms with Crippen LogP contribution >= 0.6 is 0 Å². The second-order valence-electron chi connectivity index (χ2n) is 4.25. The molecule has 2 rings (SSSR count). The van der Waals surface area contributed by atoms with Crippen LogP contribution < -0.4 is 11.4 Å². The van der Waals surface area contributed by atoms with Crippen LogP contribution in [0.2, 0.25) is 0 Å². The van der Waals surface area contributed by atoms with Crippen LogP contribution in [-0.2, 0) is 0 Å². The molecule has 1 aliphatic rings. The van der Waals surface area contributed by atoms with E-state index in [4.69, 9.17) is 10.8 Å². The van der Waals surface area contributed by atoms with E-state index in [1.54, 1.807) is 12.2 Å². The molecule has 7 heteroatoms. The first-order valence-electron chi connectivity index (χ1n) is 5.54. The van der Waals surface area contributed by atoms with Gasteiger partial charge in [0.05, 0.1) is 18.8 Å². The van der Waals surface area contributed by atoms with Crippen molar-refractivity contribution in [3.63, 3.8) is 0 Å². The maximum Gasteiger partial charge on any atom is 0.350 e. The van der Waals surface area contributed by atoms with Crippen LogP contribution in [-0.4, -0.2) is 43.7 Å². The summed E-state index contributed by atoms with van der Waals surface area (Å²) in [4.78, 5) is 15.2. The van der Waals surface area contributed by atoms with Gasteiger partial charge in [0.15, 0.2) is 0 Å². The van der Waals surface area contributed by atoms with E-state index in [-0.39, 0.29) is 12.4 Å². The lowest BCUT2D eigenvalue weighted by Crippen LogP contribution is -2.45. The second kappa shape index (κ2) is 4.89. The summed E-state index contributed by atoms with van der Waals surface area (Å²) in [6.45, 7) is -0.268. The Bertz CT molecular complexity index is 513. The van der Waals surface area contributed by atoms with Gasteiger partial charge in [-0.2, -0.15) is 4.98 Å². The number of aliphatic hydroxyl groups excluding tert-OH is 3. The van der Waals surface area contributed by atoms with Crippen molar-refractivity contribution in [2.45, 2.75) is 18.2 Å². The number of anilines is 1. The normalized spacial score (nSPS) is 31.5. The molecule has 4 atom stereocenters. The molecule has 0 spiro atoms. The van der Waals surface area contributed by atoms with Crippen molar-refractivity contribution >= 4 is 5.82 Å². The molecule has 1 aromatic rings. The van der Waals surface area contributed by atoms with E-state index in [1.807, 2.05) is 0 Å². The minimum Gasteiger partial charge on any atom is -0.396 e. The van der Waals surface area contributed by atoms with Gasteiger partial charge in [0, 0.05) is 12.1 Å². The summed E-state index contributed by atoms with van der Waals surface area (Å²) >= 11 is 0. The predicted octanol–water partition coefficient (Wildman–Crippen LogP) is -1.73. The summed E-state index contributed by atoms with van der Waals surface area (Å²) in [6.07, 6.45) is 2.24. The fourth-order valence-electron chi connectivity index (χ4n) is 2.02. The van der Waals surface area contributed by atoms with E-state index in [0.717, 1.165) is 0 Å². The first-order chi connectivity index (χ1) is 8.54. The van der Waals surface area contributed by atoms with Crippen molar-refractivity contribution in [1.82, 2.24) is 9.55 Å². The number of aromatic nitrogens is 2. The maximum atomic E-state index is 11.6. The Morgan fingerprint density at radius 1 is 1.33 bits per heavy atom. The largest absolute Gasteiger partial charge is 0.396 e. The van der Waals surface area contributed by atoms with E-state index >= 15 is 0 Å². The number of aliphatic hydroxyl groups is 3. The Morgan fingerprint density at radius 3 is 2.67 bits per heavy atom. The zero-order chi connectivity index (χ0) is 13.3. The average Bonchev–Trinajstić information content (AvgIpc) is 2.34. The van der Waals surface area contributed by atoms with Crippen molar-refractivity contribution in [3.8, 4) is 0 Å². The summed E-state index contributed by atoms with van der Waals surface area (Å²) < 4.78 is 1.19. The van der Waals surface area contributed by atoms with Gasteiger partial charge in [0.25, 0.3) is 0 Å². The zero-order valence-corrected chi connectivity index (χ0v) is 9.55. The third kappa shape index (κ3) is 2.15. The van der Waals surface area contributed by atoms with Gasteiger partial charge in [-0.15, -0.1) is 0 Å². The van der Waals surface area contributed by atoms with Crippen LogP contribution in [0.3, 0.4) is 0 Å². The molecule has 5 N–H and O–H groups in total. The average molecular weight is 253 g/mol. The lowest BCUT2D eigenvalue weighted by atomic mass is 9.87. The summed E-state index contributed by atoms with van der Waals surface area (Å²) in [5.74, 6) is -0.437. The molecule has 0 unspecified atom stereocenters. The second-order valence-corrected chi connectivity index (χ2v) is 4.25. The Balaban J connectivity index is 2.37. The Hall–Kier alpha value is -1.70. The highest BCUT2D eigenvalue weighted by Gasteiger charge is 2.34. The smallest absolute Gasteiger partial charge is 0.350 e. The van der Waals surface area contributed by atoms with Gasteiger partial charge in [-0.05, 0) is 6.07 Å². The van der Waals surface area contributed by atoms with Crippen molar-refractivity contribution in [1.29, 1.82) is 0 Å². The van der Waals surface area contributed by atoms with Crippen molar-refractivity contribution in [2.75, 3.05) is 12.3 Å². The number of nitrogens with zero attached hydrogens (tertiary/aromatic N) is 2. The Labute approximate surface area is 103 Å². The number of hydrogen-bond donors (Lipinski definition) is 4. The van der Waals surface area contributed by atoms with E-state index in [9.17, 15) is 15.0 Å². The van der Waals surface area contributed by atoms with Gasteiger partial charge in [-0.25, -0.2) is 4.79 Å². The van der Waals surface area contributed by atoms with Crippen LogP contribution in [0, 0.1) is 5.92 Å². The number of nitrogen functional groups attached to an aromatic ring is 1. The summed E-state index contributed by atoms with van der Waals surface area (Å²) in [6, 6.07) is 0.718. The molecule has 0 aliphatic heterocycles. The fourth-order valence-corrected chi connectivity index (χ4v) is 2.02. The minimum atomic E-state index is -1.18. The molecular formula is C11H15N3O4. The SMILES string of the molecule is Nc1ccn([C@H]2C=C[C@@H](CO)[C@H](O)[C@H]2O)c(=O)n1. The standard InChI is InChI=1S/C11H15N3O4/c12-8-3-4-14(11(18)13-8)7-2-1-6(5-15)9(16)10(7)17/h1-4,6-7,9-10,15-17H,5H2,(H2,12,13,18)/t6-,7-,9-,10-/m0/s1. The first-order valence-corrected chi connectivity index (χ1v) is 5.54.